The molecule has 0 amide bonds. The second-order valence-corrected chi connectivity index (χ2v) is 4.10. The molecule has 0 fully saturated rings. The number of hydrogen-bond donors (Lipinski definition) is 2. The molecule has 25 heavy (non-hydrogen) atoms. The second-order valence-electron chi connectivity index (χ2n) is 4.10. The molecule has 8 nitrogen and oxygen atoms in total. The molecule has 0 heterocycles. The molecule has 0 saturated heterocycles. The topological polar surface area (TPSA) is 95.8 Å². The summed E-state index contributed by atoms with van der Waals surface area (Å²) in [4.78, 5) is 19.2. The number of ether oxygens (including phenoxy) is 2. The standard InChI is InChI=1S/C13H24O8.4Y/c1-3-18-20-11-13(9-16-7-5-14,10-17-8-6-15)12-21-19-4-2;;;;/h3-4,14-15H,1-2,5-12H2;;;;. The van der Waals surface area contributed by atoms with E-state index < -0.39 is 5.41 Å². The summed E-state index contributed by atoms with van der Waals surface area (Å²) in [7, 11) is 0. The molecule has 0 aliphatic carbocycles. The Kier molecular flexibility index (Phi) is 45.7. The predicted octanol–water partition coefficient (Wildman–Crippen LogP) is 0.164. The second kappa shape index (κ2) is 29.5. The Labute approximate surface area is 249 Å². The minimum Gasteiger partial charge on any atom is -0.394 e. The average Bonchev–Trinajstić information content (AvgIpc) is 2.48. The van der Waals surface area contributed by atoms with Crippen LogP contribution in [-0.2, 0) is 160 Å². The quantitative estimate of drug-likeness (QED) is 0.105. The minimum atomic E-state index is -0.754. The van der Waals surface area contributed by atoms with Gasteiger partial charge in [-0.3, -0.25) is 0 Å². The van der Waals surface area contributed by atoms with Crippen molar-refractivity contribution in [2.24, 2.45) is 5.41 Å². The molecule has 0 aromatic rings. The van der Waals surface area contributed by atoms with Gasteiger partial charge in [-0.25, -0.2) is 0 Å². The minimum absolute atomic E-state index is 0. The van der Waals surface area contributed by atoms with Gasteiger partial charge in [-0.05, 0) is 0 Å². The zero-order chi connectivity index (χ0) is 15.8. The molecule has 12 heteroatoms. The molecule has 0 aromatic heterocycles. The summed E-state index contributed by atoms with van der Waals surface area (Å²) in [5.74, 6) is 0. The van der Waals surface area contributed by atoms with Gasteiger partial charge in [-0.1, -0.05) is 13.2 Å². The van der Waals surface area contributed by atoms with Crippen molar-refractivity contribution in [3.8, 4) is 0 Å². The van der Waals surface area contributed by atoms with Crippen LogP contribution in [0.15, 0.2) is 25.7 Å². The van der Waals surface area contributed by atoms with Crippen LogP contribution >= 0.6 is 0 Å². The van der Waals surface area contributed by atoms with Crippen LogP contribution in [0.4, 0.5) is 0 Å². The van der Waals surface area contributed by atoms with E-state index in [4.69, 9.17) is 29.5 Å². The first-order valence-electron chi connectivity index (χ1n) is 6.40. The van der Waals surface area contributed by atoms with Gasteiger partial charge in [0.15, 0.2) is 0 Å². The largest absolute Gasteiger partial charge is 0.394 e. The zero-order valence-corrected chi connectivity index (χ0v) is 25.7. The molecular formula is C13H24O8Y4. The third kappa shape index (κ3) is 23.4. The SMILES string of the molecule is C=COOCC(COCCO)(COCCO)COOC=C.[Y].[Y].[Y].[Y]. The van der Waals surface area contributed by atoms with Gasteiger partial charge in [0.05, 0.1) is 45.1 Å². The summed E-state index contributed by atoms with van der Waals surface area (Å²) in [6.45, 7) is 7.29. The Morgan fingerprint density at radius 3 is 1.32 bits per heavy atom. The Bertz CT molecular complexity index is 248. The summed E-state index contributed by atoms with van der Waals surface area (Å²) in [5, 5.41) is 17.6. The monoisotopic (exact) mass is 664 g/mol. The first-order valence-corrected chi connectivity index (χ1v) is 6.40. The number of aliphatic hydroxyl groups excluding tert-OH is 2. The van der Waals surface area contributed by atoms with Gasteiger partial charge in [0.2, 0.25) is 0 Å². The summed E-state index contributed by atoms with van der Waals surface area (Å²) < 4.78 is 10.7. The Balaban J connectivity index is -0.000000333. The van der Waals surface area contributed by atoms with Crippen LogP contribution in [0.25, 0.3) is 0 Å². The molecule has 4 radical (unpaired) electrons. The van der Waals surface area contributed by atoms with Crippen LogP contribution in [0.3, 0.4) is 0 Å². The van der Waals surface area contributed by atoms with Crippen molar-refractivity contribution in [1.29, 1.82) is 0 Å². The van der Waals surface area contributed by atoms with Gasteiger partial charge in [-0.2, -0.15) is 9.78 Å². The smallest absolute Gasteiger partial charge is 0.122 e. The van der Waals surface area contributed by atoms with E-state index in [0.29, 0.717) is 0 Å². The maximum Gasteiger partial charge on any atom is 0.122 e. The molecule has 0 aliphatic heterocycles. The molecule has 2 N–H and O–H groups in total. The van der Waals surface area contributed by atoms with Crippen molar-refractivity contribution >= 4 is 0 Å². The molecule has 0 atom stereocenters. The van der Waals surface area contributed by atoms with Gasteiger partial charge in [0.25, 0.3) is 0 Å². The van der Waals surface area contributed by atoms with E-state index in [9.17, 15) is 0 Å². The van der Waals surface area contributed by atoms with Gasteiger partial charge >= 0.3 is 0 Å². The van der Waals surface area contributed by atoms with Gasteiger partial charge < -0.3 is 29.5 Å². The fourth-order valence-corrected chi connectivity index (χ4v) is 1.37. The molecule has 136 valence electrons. The normalized spacial score (nSPS) is 9.36. The molecular weight excluding hydrogens is 640 g/mol. The summed E-state index contributed by atoms with van der Waals surface area (Å²) in [5.41, 5.74) is -0.754. The molecule has 0 spiro atoms. The van der Waals surface area contributed by atoms with Crippen LogP contribution in [0.5, 0.6) is 0 Å². The fourth-order valence-electron chi connectivity index (χ4n) is 1.37. The zero-order valence-electron chi connectivity index (χ0n) is 14.4. The molecule has 0 aliphatic rings. The van der Waals surface area contributed by atoms with Crippen molar-refractivity contribution < 1.29 is 170 Å². The predicted molar refractivity (Wildman–Crippen MR) is 72.7 cm³/mol. The van der Waals surface area contributed by atoms with E-state index in [-0.39, 0.29) is 184 Å². The van der Waals surface area contributed by atoms with E-state index in [1.54, 1.807) is 0 Å². The van der Waals surface area contributed by atoms with Gasteiger partial charge in [-0.15, -0.1) is 0 Å². The van der Waals surface area contributed by atoms with E-state index in [0.717, 1.165) is 12.5 Å². The molecule has 0 unspecified atom stereocenters. The van der Waals surface area contributed by atoms with Crippen molar-refractivity contribution in [3.05, 3.63) is 25.7 Å². The third-order valence-electron chi connectivity index (χ3n) is 2.29. The van der Waals surface area contributed by atoms with Crippen LogP contribution < -0.4 is 0 Å². The maximum absolute atomic E-state index is 8.78. The fraction of sp³-hybridized carbons (Fsp3) is 0.692. The van der Waals surface area contributed by atoms with Crippen LogP contribution in [0.1, 0.15) is 0 Å². The first-order chi connectivity index (χ1) is 10.2. The maximum atomic E-state index is 8.78. The van der Waals surface area contributed by atoms with Crippen molar-refractivity contribution in [2.75, 3.05) is 52.9 Å². The Morgan fingerprint density at radius 2 is 1.04 bits per heavy atom. The molecule has 0 saturated carbocycles. The van der Waals surface area contributed by atoms with Crippen molar-refractivity contribution in [3.63, 3.8) is 0 Å². The summed E-state index contributed by atoms with van der Waals surface area (Å²) in [6, 6.07) is 0. The summed E-state index contributed by atoms with van der Waals surface area (Å²) >= 11 is 0. The van der Waals surface area contributed by atoms with E-state index in [1.165, 1.54) is 0 Å². The third-order valence-corrected chi connectivity index (χ3v) is 2.29. The number of rotatable bonds is 16. The van der Waals surface area contributed by atoms with Crippen LogP contribution in [-0.4, -0.2) is 63.1 Å². The average molecular weight is 664 g/mol. The van der Waals surface area contributed by atoms with E-state index in [1.807, 2.05) is 0 Å². The number of hydrogen-bond acceptors (Lipinski definition) is 8. The Hall–Kier alpha value is 3.26. The van der Waals surface area contributed by atoms with Crippen LogP contribution in [0.2, 0.25) is 0 Å². The van der Waals surface area contributed by atoms with Crippen molar-refractivity contribution in [1.82, 2.24) is 0 Å². The van der Waals surface area contributed by atoms with Gasteiger partial charge in [0.1, 0.15) is 25.7 Å². The van der Waals surface area contributed by atoms with Crippen molar-refractivity contribution in [2.45, 2.75) is 0 Å². The Morgan fingerprint density at radius 1 is 0.680 bits per heavy atom. The van der Waals surface area contributed by atoms with Gasteiger partial charge in [0, 0.05) is 131 Å². The molecule has 0 aromatic carbocycles. The molecule has 0 rings (SSSR count). The van der Waals surface area contributed by atoms with Crippen LogP contribution in [0, 0.1) is 5.41 Å². The first kappa shape index (κ1) is 38.8. The summed E-state index contributed by atoms with van der Waals surface area (Å²) in [6.07, 6.45) is 2.27. The molecule has 0 bridgehead atoms. The number of aliphatic hydroxyl groups is 2. The van der Waals surface area contributed by atoms with E-state index >= 15 is 0 Å². The van der Waals surface area contributed by atoms with E-state index in [2.05, 4.69) is 22.9 Å².